The van der Waals surface area contributed by atoms with Gasteiger partial charge in [-0.1, -0.05) is 0 Å². The third kappa shape index (κ3) is 2.59. The van der Waals surface area contributed by atoms with E-state index >= 15 is 0 Å². The van der Waals surface area contributed by atoms with E-state index in [1.165, 1.54) is 0 Å². The van der Waals surface area contributed by atoms with E-state index < -0.39 is 6.09 Å². The lowest BCUT2D eigenvalue weighted by Gasteiger charge is -2.20. The number of nitrogens with zero attached hydrogens (tertiary/aromatic N) is 2. The molecule has 0 aliphatic carbocycles. The van der Waals surface area contributed by atoms with Crippen molar-refractivity contribution in [2.75, 3.05) is 26.8 Å². The monoisotopic (exact) mass is 343 g/mol. The molecule has 2 saturated heterocycles. The quantitative estimate of drug-likeness (QED) is 0.909. The van der Waals surface area contributed by atoms with Gasteiger partial charge in [0.1, 0.15) is 11.4 Å². The lowest BCUT2D eigenvalue weighted by atomic mass is 10.2. The number of ether oxygens (including phenoxy) is 2. The molecular weight excluding hydrogens is 326 g/mol. The van der Waals surface area contributed by atoms with Gasteiger partial charge in [0, 0.05) is 30.1 Å². The number of carbonyl (C=O) groups is 3. The van der Waals surface area contributed by atoms with Crippen LogP contribution in [0.15, 0.2) is 24.3 Å². The van der Waals surface area contributed by atoms with E-state index in [2.05, 4.69) is 4.98 Å². The zero-order chi connectivity index (χ0) is 17.6. The maximum Gasteiger partial charge on any atom is 0.417 e. The minimum Gasteiger partial charge on any atom is -0.497 e. The minimum atomic E-state index is -0.623. The first-order valence-electron chi connectivity index (χ1n) is 8.01. The lowest BCUT2D eigenvalue weighted by molar-refractivity contribution is -0.127. The summed E-state index contributed by atoms with van der Waals surface area (Å²) in [6.45, 7) is 0.588. The third-order valence-corrected chi connectivity index (χ3v) is 4.66. The summed E-state index contributed by atoms with van der Waals surface area (Å²) in [5.74, 6) is 0.209. The number of rotatable bonds is 3. The summed E-state index contributed by atoms with van der Waals surface area (Å²) in [6, 6.07) is 7.02. The van der Waals surface area contributed by atoms with Gasteiger partial charge in [0.05, 0.1) is 13.2 Å². The first-order chi connectivity index (χ1) is 12.1. The third-order valence-electron chi connectivity index (χ3n) is 4.66. The summed E-state index contributed by atoms with van der Waals surface area (Å²) in [4.78, 5) is 42.0. The smallest absolute Gasteiger partial charge is 0.417 e. The highest BCUT2D eigenvalue weighted by Gasteiger charge is 2.41. The van der Waals surface area contributed by atoms with Gasteiger partial charge in [-0.3, -0.25) is 9.59 Å². The van der Waals surface area contributed by atoms with Gasteiger partial charge in [-0.25, -0.2) is 9.69 Å². The molecule has 1 atom stereocenters. The number of aromatic amines is 1. The van der Waals surface area contributed by atoms with E-state index in [-0.39, 0.29) is 24.5 Å². The zero-order valence-electron chi connectivity index (χ0n) is 13.7. The Morgan fingerprint density at radius 3 is 2.88 bits per heavy atom. The van der Waals surface area contributed by atoms with Crippen LogP contribution in [0.2, 0.25) is 0 Å². The van der Waals surface area contributed by atoms with Crippen LogP contribution in [0.3, 0.4) is 0 Å². The molecule has 8 heteroatoms. The van der Waals surface area contributed by atoms with Gasteiger partial charge in [-0.05, 0) is 24.6 Å². The lowest BCUT2D eigenvalue weighted by Crippen LogP contribution is -2.42. The van der Waals surface area contributed by atoms with Crippen LogP contribution < -0.4 is 4.74 Å². The number of fused-ring (bicyclic) bond motifs is 1. The predicted molar refractivity (Wildman–Crippen MR) is 87.4 cm³/mol. The first kappa shape index (κ1) is 15.5. The van der Waals surface area contributed by atoms with Gasteiger partial charge in [0.25, 0.3) is 11.8 Å². The Labute approximate surface area is 143 Å². The fraction of sp³-hybridized carbons (Fsp3) is 0.353. The fourth-order valence-corrected chi connectivity index (χ4v) is 3.37. The molecule has 4 rings (SSSR count). The zero-order valence-corrected chi connectivity index (χ0v) is 13.7. The van der Waals surface area contributed by atoms with Crippen LogP contribution in [0.5, 0.6) is 5.75 Å². The van der Waals surface area contributed by atoms with E-state index in [0.29, 0.717) is 31.0 Å². The van der Waals surface area contributed by atoms with Crippen LogP contribution in [-0.2, 0) is 9.53 Å². The number of hydrogen-bond donors (Lipinski definition) is 1. The Balaban J connectivity index is 1.52. The highest BCUT2D eigenvalue weighted by Crippen LogP contribution is 2.24. The molecule has 1 N–H and O–H groups in total. The molecule has 0 unspecified atom stereocenters. The molecule has 2 aliphatic rings. The second-order valence-corrected chi connectivity index (χ2v) is 6.15. The molecule has 3 heterocycles. The molecule has 1 aromatic heterocycles. The topological polar surface area (TPSA) is 91.9 Å². The molecule has 0 bridgehead atoms. The summed E-state index contributed by atoms with van der Waals surface area (Å²) in [7, 11) is 1.59. The fourth-order valence-electron chi connectivity index (χ4n) is 3.37. The van der Waals surface area contributed by atoms with Gasteiger partial charge in [-0.2, -0.15) is 0 Å². The van der Waals surface area contributed by atoms with Crippen molar-refractivity contribution in [2.45, 2.75) is 12.5 Å². The number of aromatic nitrogens is 1. The molecule has 0 radical (unpaired) electrons. The Morgan fingerprint density at radius 2 is 2.16 bits per heavy atom. The number of benzene rings is 1. The summed E-state index contributed by atoms with van der Waals surface area (Å²) in [5.41, 5.74) is 1.29. The number of cyclic esters (lactones) is 1. The number of hydrogen-bond acceptors (Lipinski definition) is 5. The van der Waals surface area contributed by atoms with Gasteiger partial charge in [0.15, 0.2) is 6.61 Å². The van der Waals surface area contributed by atoms with E-state index in [1.54, 1.807) is 18.1 Å². The van der Waals surface area contributed by atoms with Crippen LogP contribution >= 0.6 is 0 Å². The minimum absolute atomic E-state index is 0.155. The second kappa shape index (κ2) is 5.80. The van der Waals surface area contributed by atoms with Gasteiger partial charge in [-0.15, -0.1) is 0 Å². The average molecular weight is 343 g/mol. The predicted octanol–water partition coefficient (Wildman–Crippen LogP) is 1.37. The molecule has 0 spiro atoms. The van der Waals surface area contributed by atoms with Crippen LogP contribution in [0, 0.1) is 0 Å². The molecular formula is C17H17N3O5. The standard InChI is InChI=1S/C17H17N3O5/c1-24-12-3-2-10-6-14(18-13(10)7-12)16(22)19-5-4-11(8-19)20-15(21)9-25-17(20)23/h2-3,6-7,11,18H,4-5,8-9H2,1H3/t11-/m0/s1. The summed E-state index contributed by atoms with van der Waals surface area (Å²) in [6.07, 6.45) is -0.0670. The number of amides is 3. The molecule has 1 aromatic carbocycles. The molecule has 8 nitrogen and oxygen atoms in total. The van der Waals surface area contributed by atoms with Crippen molar-refractivity contribution in [2.24, 2.45) is 0 Å². The molecule has 2 aromatic rings. The van der Waals surface area contributed by atoms with Crippen molar-refractivity contribution in [1.82, 2.24) is 14.8 Å². The average Bonchev–Trinajstić information content (AvgIpc) is 3.32. The summed E-state index contributed by atoms with van der Waals surface area (Å²) >= 11 is 0. The molecule has 0 saturated carbocycles. The Bertz CT molecular complexity index is 858. The highest BCUT2D eigenvalue weighted by atomic mass is 16.6. The van der Waals surface area contributed by atoms with Crippen molar-refractivity contribution in [3.05, 3.63) is 30.0 Å². The number of nitrogens with one attached hydrogen (secondary N) is 1. The van der Waals surface area contributed by atoms with E-state index in [9.17, 15) is 14.4 Å². The van der Waals surface area contributed by atoms with Crippen molar-refractivity contribution in [3.63, 3.8) is 0 Å². The van der Waals surface area contributed by atoms with E-state index in [0.717, 1.165) is 15.8 Å². The van der Waals surface area contributed by atoms with Crippen LogP contribution in [0.4, 0.5) is 4.79 Å². The van der Waals surface area contributed by atoms with Gasteiger partial charge >= 0.3 is 6.09 Å². The van der Waals surface area contributed by atoms with E-state index in [4.69, 9.17) is 9.47 Å². The molecule has 25 heavy (non-hydrogen) atoms. The largest absolute Gasteiger partial charge is 0.497 e. The number of likely N-dealkylation sites (tertiary alicyclic amines) is 1. The number of carbonyl (C=O) groups excluding carboxylic acids is 3. The summed E-state index contributed by atoms with van der Waals surface area (Å²) < 4.78 is 9.93. The van der Waals surface area contributed by atoms with Crippen molar-refractivity contribution in [3.8, 4) is 5.75 Å². The number of imide groups is 1. The van der Waals surface area contributed by atoms with Crippen LogP contribution in [-0.4, -0.2) is 65.5 Å². The molecule has 130 valence electrons. The SMILES string of the molecule is COc1ccc2cc(C(=O)N3CC[C@H](N4C(=O)COC4=O)C3)[nH]c2c1. The normalized spacial score (nSPS) is 20.4. The van der Waals surface area contributed by atoms with Crippen LogP contribution in [0.25, 0.3) is 10.9 Å². The maximum absolute atomic E-state index is 12.7. The van der Waals surface area contributed by atoms with E-state index in [1.807, 2.05) is 18.2 Å². The molecule has 2 fully saturated rings. The van der Waals surface area contributed by atoms with Gasteiger partial charge < -0.3 is 19.4 Å². The van der Waals surface area contributed by atoms with Crippen molar-refractivity contribution >= 4 is 28.8 Å². The number of H-pyrrole nitrogens is 1. The van der Waals surface area contributed by atoms with Gasteiger partial charge in [0.2, 0.25) is 0 Å². The maximum atomic E-state index is 12.7. The highest BCUT2D eigenvalue weighted by molar-refractivity contribution is 6.00. The number of methoxy groups -OCH3 is 1. The second-order valence-electron chi connectivity index (χ2n) is 6.15. The molecule has 3 amide bonds. The molecule has 2 aliphatic heterocycles. The first-order valence-corrected chi connectivity index (χ1v) is 8.01. The Kier molecular flexibility index (Phi) is 3.60. The van der Waals surface area contributed by atoms with Crippen LogP contribution in [0.1, 0.15) is 16.9 Å². The van der Waals surface area contributed by atoms with Crippen molar-refractivity contribution < 1.29 is 23.9 Å². The Morgan fingerprint density at radius 1 is 1.32 bits per heavy atom. The summed E-state index contributed by atoms with van der Waals surface area (Å²) in [5, 5.41) is 0.915. The van der Waals surface area contributed by atoms with Crippen molar-refractivity contribution in [1.29, 1.82) is 0 Å². The Hall–Kier alpha value is -3.03.